The first-order valence-electron chi connectivity index (χ1n) is 7.04. The highest BCUT2D eigenvalue weighted by Crippen LogP contribution is 2.33. The van der Waals surface area contributed by atoms with Crippen molar-refractivity contribution in [3.05, 3.63) is 28.2 Å². The van der Waals surface area contributed by atoms with Crippen LogP contribution in [-0.4, -0.2) is 47.9 Å². The molecule has 1 aliphatic rings. The van der Waals surface area contributed by atoms with E-state index in [9.17, 15) is 14.4 Å². The molecule has 0 aliphatic carbocycles. The molecule has 1 atom stereocenters. The summed E-state index contributed by atoms with van der Waals surface area (Å²) in [6.07, 6.45) is 0.199. The molecule has 6 nitrogen and oxygen atoms in total. The zero-order valence-corrected chi connectivity index (χ0v) is 14.0. The lowest BCUT2D eigenvalue weighted by Crippen LogP contribution is -2.39. The fourth-order valence-electron chi connectivity index (χ4n) is 2.48. The highest BCUT2D eigenvalue weighted by Gasteiger charge is 2.39. The van der Waals surface area contributed by atoms with Crippen molar-refractivity contribution in [2.45, 2.75) is 12.8 Å². The Kier molecular flexibility index (Phi) is 5.49. The number of hydrogen-bond acceptors (Lipinski definition) is 3. The number of hydrogen-bond donors (Lipinski definition) is 1. The van der Waals surface area contributed by atoms with Gasteiger partial charge in [0.1, 0.15) is 5.92 Å². The van der Waals surface area contributed by atoms with Crippen LogP contribution in [-0.2, 0) is 14.4 Å². The van der Waals surface area contributed by atoms with Crippen molar-refractivity contribution in [3.8, 4) is 0 Å². The number of nitrogens with zero attached hydrogens (tertiary/aromatic N) is 2. The van der Waals surface area contributed by atoms with Crippen LogP contribution in [0, 0.1) is 5.92 Å². The third-order valence-electron chi connectivity index (χ3n) is 3.74. The normalized spacial score (nSPS) is 17.4. The van der Waals surface area contributed by atoms with Gasteiger partial charge in [0.25, 0.3) is 0 Å². The topological polar surface area (TPSA) is 77.9 Å². The first-order valence-corrected chi connectivity index (χ1v) is 7.80. The number of carbonyl (C=O) groups excluding carboxylic acids is 2. The summed E-state index contributed by atoms with van der Waals surface area (Å²) in [6.45, 7) is 0.429. The van der Waals surface area contributed by atoms with Crippen LogP contribution >= 0.6 is 23.2 Å². The lowest BCUT2D eigenvalue weighted by molar-refractivity contribution is -0.140. The highest BCUT2D eigenvalue weighted by molar-refractivity contribution is 6.36. The molecule has 1 N–H and O–H groups in total. The molecule has 23 heavy (non-hydrogen) atoms. The summed E-state index contributed by atoms with van der Waals surface area (Å²) in [5.41, 5.74) is 0.479. The summed E-state index contributed by atoms with van der Waals surface area (Å²) < 4.78 is 0. The summed E-state index contributed by atoms with van der Waals surface area (Å²) in [5.74, 6) is -2.53. The number of carbonyl (C=O) groups is 3. The number of carboxylic acid groups (broad SMARTS) is 1. The second-order valence-electron chi connectivity index (χ2n) is 5.33. The van der Waals surface area contributed by atoms with Crippen molar-refractivity contribution in [1.82, 2.24) is 4.90 Å². The van der Waals surface area contributed by atoms with Crippen LogP contribution in [0.1, 0.15) is 12.8 Å². The Bertz CT molecular complexity index is 650. The van der Waals surface area contributed by atoms with Crippen molar-refractivity contribution in [2.75, 3.05) is 25.0 Å². The quantitative estimate of drug-likeness (QED) is 0.819. The van der Waals surface area contributed by atoms with E-state index in [1.807, 2.05) is 0 Å². The molecule has 1 unspecified atom stereocenters. The molecule has 2 rings (SSSR count). The zero-order valence-electron chi connectivity index (χ0n) is 12.5. The van der Waals surface area contributed by atoms with Gasteiger partial charge in [-0.15, -0.1) is 0 Å². The fraction of sp³-hybridized carbons (Fsp3) is 0.400. The van der Waals surface area contributed by atoms with Crippen molar-refractivity contribution >= 4 is 46.7 Å². The minimum Gasteiger partial charge on any atom is -0.481 e. The van der Waals surface area contributed by atoms with Gasteiger partial charge < -0.3 is 14.9 Å². The first-order chi connectivity index (χ1) is 10.8. The molecular weight excluding hydrogens is 343 g/mol. The highest BCUT2D eigenvalue weighted by atomic mass is 35.5. The number of carboxylic acids is 1. The van der Waals surface area contributed by atoms with Gasteiger partial charge in [-0.25, -0.2) is 0 Å². The second-order valence-corrected chi connectivity index (χ2v) is 6.17. The van der Waals surface area contributed by atoms with Crippen LogP contribution < -0.4 is 4.90 Å². The predicted molar refractivity (Wildman–Crippen MR) is 86.8 cm³/mol. The predicted octanol–water partition coefficient (Wildman–Crippen LogP) is 2.28. The molecule has 1 heterocycles. The zero-order chi connectivity index (χ0) is 17.1. The smallest absolute Gasteiger partial charge is 0.305 e. The van der Waals surface area contributed by atoms with Crippen LogP contribution in [0.4, 0.5) is 5.69 Å². The fourth-order valence-corrected chi connectivity index (χ4v) is 2.87. The molecule has 0 radical (unpaired) electrons. The Hall–Kier alpha value is -1.79. The summed E-state index contributed by atoms with van der Waals surface area (Å²) in [4.78, 5) is 38.1. The third kappa shape index (κ3) is 3.95. The van der Waals surface area contributed by atoms with Gasteiger partial charge in [-0.05, 0) is 24.6 Å². The number of halogens is 2. The molecule has 1 aromatic rings. The van der Waals surface area contributed by atoms with E-state index in [4.69, 9.17) is 28.3 Å². The first kappa shape index (κ1) is 17.6. The molecule has 1 aromatic carbocycles. The third-order valence-corrected chi connectivity index (χ3v) is 4.29. The average Bonchev–Trinajstić information content (AvgIpc) is 2.88. The van der Waals surface area contributed by atoms with Gasteiger partial charge in [0.2, 0.25) is 11.8 Å². The molecule has 1 aliphatic heterocycles. The van der Waals surface area contributed by atoms with Crippen molar-refractivity contribution in [1.29, 1.82) is 0 Å². The largest absolute Gasteiger partial charge is 0.481 e. The number of aliphatic carboxylic acids is 1. The molecule has 2 amide bonds. The number of rotatable bonds is 5. The monoisotopic (exact) mass is 358 g/mol. The van der Waals surface area contributed by atoms with Crippen molar-refractivity contribution in [3.63, 3.8) is 0 Å². The minimum absolute atomic E-state index is 0.0653. The van der Waals surface area contributed by atoms with E-state index >= 15 is 0 Å². The van der Waals surface area contributed by atoms with Gasteiger partial charge in [0.15, 0.2) is 0 Å². The van der Waals surface area contributed by atoms with Gasteiger partial charge in [0, 0.05) is 25.2 Å². The Morgan fingerprint density at radius 1 is 1.39 bits per heavy atom. The van der Waals surface area contributed by atoms with Crippen LogP contribution in [0.3, 0.4) is 0 Å². The molecular formula is C15H16Cl2N2O4. The summed E-state index contributed by atoms with van der Waals surface area (Å²) in [6, 6.07) is 4.81. The van der Waals surface area contributed by atoms with Gasteiger partial charge in [-0.3, -0.25) is 14.4 Å². The molecule has 0 bridgehead atoms. The molecule has 0 aromatic heterocycles. The van der Waals surface area contributed by atoms with E-state index < -0.39 is 11.9 Å². The molecule has 1 fully saturated rings. The van der Waals surface area contributed by atoms with Crippen LogP contribution in [0.25, 0.3) is 0 Å². The van der Waals surface area contributed by atoms with Crippen molar-refractivity contribution < 1.29 is 19.5 Å². The van der Waals surface area contributed by atoms with E-state index in [2.05, 4.69) is 0 Å². The maximum Gasteiger partial charge on any atom is 0.305 e. The standard InChI is InChI=1S/C15H16Cl2N2O4/c1-18(6-5-13(20)21)14(22)10-4-7-19(15(10)23)12-8-9(16)2-3-11(12)17/h2-3,8,10H,4-7H2,1H3,(H,20,21). The van der Waals surface area contributed by atoms with E-state index in [-0.39, 0.29) is 24.8 Å². The average molecular weight is 359 g/mol. The maximum atomic E-state index is 12.5. The van der Waals surface area contributed by atoms with Gasteiger partial charge in [-0.2, -0.15) is 0 Å². The van der Waals surface area contributed by atoms with Crippen molar-refractivity contribution in [2.24, 2.45) is 5.92 Å². The summed E-state index contributed by atoms with van der Waals surface area (Å²) in [7, 11) is 1.49. The van der Waals surface area contributed by atoms with Gasteiger partial charge >= 0.3 is 5.97 Å². The van der Waals surface area contributed by atoms with Crippen LogP contribution in [0.2, 0.25) is 10.0 Å². The number of amides is 2. The second kappa shape index (κ2) is 7.19. The number of anilines is 1. The lowest BCUT2D eigenvalue weighted by atomic mass is 10.1. The number of benzene rings is 1. The lowest BCUT2D eigenvalue weighted by Gasteiger charge is -2.21. The SMILES string of the molecule is CN(CCC(=O)O)C(=O)C1CCN(c2cc(Cl)ccc2Cl)C1=O. The molecule has 0 spiro atoms. The molecule has 0 saturated carbocycles. The summed E-state index contributed by atoms with van der Waals surface area (Å²) in [5, 5.41) is 9.50. The Morgan fingerprint density at radius 3 is 2.74 bits per heavy atom. The van der Waals surface area contributed by atoms with E-state index in [0.29, 0.717) is 28.7 Å². The summed E-state index contributed by atoms with van der Waals surface area (Å²) >= 11 is 12.0. The van der Waals surface area contributed by atoms with E-state index in [0.717, 1.165) is 0 Å². The Morgan fingerprint density at radius 2 is 2.09 bits per heavy atom. The molecule has 8 heteroatoms. The van der Waals surface area contributed by atoms with Gasteiger partial charge in [-0.1, -0.05) is 23.2 Å². The minimum atomic E-state index is -0.991. The molecule has 124 valence electrons. The van der Waals surface area contributed by atoms with Crippen LogP contribution in [0.5, 0.6) is 0 Å². The maximum absolute atomic E-state index is 12.5. The van der Waals surface area contributed by atoms with Crippen LogP contribution in [0.15, 0.2) is 18.2 Å². The Labute approximate surface area is 143 Å². The van der Waals surface area contributed by atoms with E-state index in [1.54, 1.807) is 18.2 Å². The van der Waals surface area contributed by atoms with Gasteiger partial charge in [0.05, 0.1) is 17.1 Å². The molecule has 1 saturated heterocycles. The van der Waals surface area contributed by atoms with E-state index in [1.165, 1.54) is 16.8 Å². The Balaban J connectivity index is 2.10.